The highest BCUT2D eigenvalue weighted by Crippen LogP contribution is 2.19. The second kappa shape index (κ2) is 7.18. The lowest BCUT2D eigenvalue weighted by Gasteiger charge is -2.28. The predicted molar refractivity (Wildman–Crippen MR) is 81.7 cm³/mol. The standard InChI is InChI=1S/C16H25N3O2/c1-2-13-11-14(12-15-5-3-4-8-21-15)18-16(17-13)19-6-9-20-10-7-19/h11,15H,2-10,12H2,1H3/t15-/m0/s1. The van der Waals surface area contributed by atoms with Gasteiger partial charge in [-0.2, -0.15) is 0 Å². The fourth-order valence-electron chi connectivity index (χ4n) is 2.93. The molecule has 21 heavy (non-hydrogen) atoms. The van der Waals surface area contributed by atoms with Crippen LogP contribution in [0.4, 0.5) is 5.95 Å². The molecule has 3 heterocycles. The average Bonchev–Trinajstić information content (AvgIpc) is 2.56. The van der Waals surface area contributed by atoms with E-state index >= 15 is 0 Å². The Morgan fingerprint density at radius 2 is 1.95 bits per heavy atom. The molecule has 0 spiro atoms. The average molecular weight is 291 g/mol. The van der Waals surface area contributed by atoms with Crippen molar-refractivity contribution in [3.05, 3.63) is 17.5 Å². The molecule has 5 heteroatoms. The van der Waals surface area contributed by atoms with Crippen molar-refractivity contribution in [3.8, 4) is 0 Å². The number of hydrogen-bond acceptors (Lipinski definition) is 5. The first kappa shape index (κ1) is 14.7. The Bertz CT molecular complexity index is 455. The molecular weight excluding hydrogens is 266 g/mol. The highest BCUT2D eigenvalue weighted by molar-refractivity contribution is 5.33. The zero-order chi connectivity index (χ0) is 14.5. The molecule has 1 atom stereocenters. The largest absolute Gasteiger partial charge is 0.378 e. The normalized spacial score (nSPS) is 23.3. The van der Waals surface area contributed by atoms with Crippen molar-refractivity contribution in [2.24, 2.45) is 0 Å². The van der Waals surface area contributed by atoms with Gasteiger partial charge in [-0.05, 0) is 31.7 Å². The van der Waals surface area contributed by atoms with Crippen molar-refractivity contribution >= 4 is 5.95 Å². The summed E-state index contributed by atoms with van der Waals surface area (Å²) in [6.07, 6.45) is 5.80. The summed E-state index contributed by atoms with van der Waals surface area (Å²) < 4.78 is 11.3. The smallest absolute Gasteiger partial charge is 0.225 e. The minimum Gasteiger partial charge on any atom is -0.378 e. The second-order valence-electron chi connectivity index (χ2n) is 5.80. The van der Waals surface area contributed by atoms with E-state index in [-0.39, 0.29) is 0 Å². The number of hydrogen-bond donors (Lipinski definition) is 0. The van der Waals surface area contributed by atoms with Crippen LogP contribution >= 0.6 is 0 Å². The third kappa shape index (κ3) is 3.92. The van der Waals surface area contributed by atoms with E-state index in [1.165, 1.54) is 12.8 Å². The fourth-order valence-corrected chi connectivity index (χ4v) is 2.93. The molecule has 0 N–H and O–H groups in total. The molecule has 0 saturated carbocycles. The second-order valence-corrected chi connectivity index (χ2v) is 5.80. The van der Waals surface area contributed by atoms with Gasteiger partial charge in [0.15, 0.2) is 0 Å². The van der Waals surface area contributed by atoms with Crippen molar-refractivity contribution in [1.29, 1.82) is 0 Å². The third-order valence-corrected chi connectivity index (χ3v) is 4.19. The first-order valence-corrected chi connectivity index (χ1v) is 8.16. The van der Waals surface area contributed by atoms with Crippen LogP contribution in [0.1, 0.15) is 37.6 Å². The predicted octanol–water partition coefficient (Wildman–Crippen LogP) is 1.99. The third-order valence-electron chi connectivity index (χ3n) is 4.19. The summed E-state index contributed by atoms with van der Waals surface area (Å²) in [5.74, 6) is 0.864. The van der Waals surface area contributed by atoms with E-state index in [1.807, 2.05) is 0 Å². The fraction of sp³-hybridized carbons (Fsp3) is 0.750. The summed E-state index contributed by atoms with van der Waals surface area (Å²) in [6.45, 7) is 6.33. The van der Waals surface area contributed by atoms with Gasteiger partial charge >= 0.3 is 0 Å². The van der Waals surface area contributed by atoms with E-state index in [2.05, 4.69) is 22.9 Å². The lowest BCUT2D eigenvalue weighted by atomic mass is 10.0. The van der Waals surface area contributed by atoms with Crippen LogP contribution in [0, 0.1) is 0 Å². The van der Waals surface area contributed by atoms with Crippen molar-refractivity contribution in [3.63, 3.8) is 0 Å². The SMILES string of the molecule is CCc1cc(C[C@@H]2CCCCO2)nc(N2CCOCC2)n1. The molecule has 2 fully saturated rings. The van der Waals surface area contributed by atoms with E-state index < -0.39 is 0 Å². The lowest BCUT2D eigenvalue weighted by molar-refractivity contribution is 0.0162. The molecule has 2 aliphatic heterocycles. The zero-order valence-electron chi connectivity index (χ0n) is 12.9. The van der Waals surface area contributed by atoms with Crippen LogP contribution in [0.2, 0.25) is 0 Å². The Balaban J connectivity index is 1.75. The van der Waals surface area contributed by atoms with Crippen LogP contribution in [-0.4, -0.2) is 49.0 Å². The summed E-state index contributed by atoms with van der Waals surface area (Å²) in [5.41, 5.74) is 2.24. The van der Waals surface area contributed by atoms with Crippen LogP contribution in [0.5, 0.6) is 0 Å². The Morgan fingerprint density at radius 1 is 1.14 bits per heavy atom. The summed E-state index contributed by atoms with van der Waals surface area (Å²) in [7, 11) is 0. The van der Waals surface area contributed by atoms with Crippen LogP contribution in [-0.2, 0) is 22.3 Å². The molecule has 0 aliphatic carbocycles. The van der Waals surface area contributed by atoms with Gasteiger partial charge in [-0.25, -0.2) is 9.97 Å². The molecule has 3 rings (SSSR count). The zero-order valence-corrected chi connectivity index (χ0v) is 12.9. The molecular formula is C16H25N3O2. The number of anilines is 1. The molecule has 2 aliphatic rings. The minimum atomic E-state index is 0.330. The maximum Gasteiger partial charge on any atom is 0.225 e. The first-order valence-electron chi connectivity index (χ1n) is 8.16. The first-order chi connectivity index (χ1) is 10.3. The molecule has 1 aromatic rings. The number of rotatable bonds is 4. The molecule has 0 amide bonds. The van der Waals surface area contributed by atoms with Crippen LogP contribution in [0.15, 0.2) is 6.07 Å². The van der Waals surface area contributed by atoms with Crippen LogP contribution < -0.4 is 4.90 Å². The van der Waals surface area contributed by atoms with Gasteiger partial charge in [-0.1, -0.05) is 6.92 Å². The van der Waals surface area contributed by atoms with Gasteiger partial charge in [0.25, 0.3) is 0 Å². The van der Waals surface area contributed by atoms with Crippen molar-refractivity contribution in [1.82, 2.24) is 9.97 Å². The van der Waals surface area contributed by atoms with E-state index in [1.54, 1.807) is 0 Å². The molecule has 1 aromatic heterocycles. The number of aryl methyl sites for hydroxylation is 1. The van der Waals surface area contributed by atoms with Crippen molar-refractivity contribution in [2.45, 2.75) is 45.1 Å². The highest BCUT2D eigenvalue weighted by Gasteiger charge is 2.19. The maximum absolute atomic E-state index is 5.85. The molecule has 2 saturated heterocycles. The van der Waals surface area contributed by atoms with Gasteiger partial charge in [-0.15, -0.1) is 0 Å². The number of ether oxygens (including phenoxy) is 2. The Morgan fingerprint density at radius 3 is 2.67 bits per heavy atom. The number of nitrogens with zero attached hydrogens (tertiary/aromatic N) is 3. The van der Waals surface area contributed by atoms with Gasteiger partial charge in [-0.3, -0.25) is 0 Å². The van der Waals surface area contributed by atoms with Crippen LogP contribution in [0.25, 0.3) is 0 Å². The Hall–Kier alpha value is -1.20. The molecule has 0 unspecified atom stereocenters. The molecule has 0 bridgehead atoms. The van der Waals surface area contributed by atoms with E-state index in [0.717, 1.165) is 69.5 Å². The number of morpholine rings is 1. The summed E-state index contributed by atoms with van der Waals surface area (Å²) >= 11 is 0. The van der Waals surface area contributed by atoms with E-state index in [4.69, 9.17) is 14.5 Å². The van der Waals surface area contributed by atoms with E-state index in [9.17, 15) is 0 Å². The van der Waals surface area contributed by atoms with Crippen molar-refractivity contribution in [2.75, 3.05) is 37.8 Å². The van der Waals surface area contributed by atoms with Gasteiger partial charge in [0.2, 0.25) is 5.95 Å². The highest BCUT2D eigenvalue weighted by atomic mass is 16.5. The molecule has 5 nitrogen and oxygen atoms in total. The quantitative estimate of drug-likeness (QED) is 0.849. The Labute approximate surface area is 126 Å². The van der Waals surface area contributed by atoms with Gasteiger partial charge in [0.05, 0.1) is 19.3 Å². The van der Waals surface area contributed by atoms with Crippen molar-refractivity contribution < 1.29 is 9.47 Å². The van der Waals surface area contributed by atoms with E-state index in [0.29, 0.717) is 6.10 Å². The topological polar surface area (TPSA) is 47.5 Å². The molecule has 0 radical (unpaired) electrons. The Kier molecular flexibility index (Phi) is 5.04. The van der Waals surface area contributed by atoms with Gasteiger partial charge in [0, 0.05) is 37.5 Å². The number of aromatic nitrogens is 2. The van der Waals surface area contributed by atoms with Gasteiger partial charge in [0.1, 0.15) is 0 Å². The minimum absolute atomic E-state index is 0.330. The summed E-state index contributed by atoms with van der Waals surface area (Å²) in [4.78, 5) is 11.7. The molecule has 0 aromatic carbocycles. The van der Waals surface area contributed by atoms with Crippen LogP contribution in [0.3, 0.4) is 0 Å². The monoisotopic (exact) mass is 291 g/mol. The maximum atomic E-state index is 5.85. The molecule has 116 valence electrons. The summed E-state index contributed by atoms with van der Waals surface area (Å²) in [6, 6.07) is 2.14. The van der Waals surface area contributed by atoms with Gasteiger partial charge < -0.3 is 14.4 Å². The summed E-state index contributed by atoms with van der Waals surface area (Å²) in [5, 5.41) is 0. The lowest BCUT2D eigenvalue weighted by Crippen LogP contribution is -2.37.